The van der Waals surface area contributed by atoms with Crippen molar-refractivity contribution in [2.24, 2.45) is 5.41 Å². The van der Waals surface area contributed by atoms with Crippen LogP contribution in [-0.4, -0.2) is 11.8 Å². The van der Waals surface area contributed by atoms with Crippen LogP contribution in [0, 0.1) is 12.3 Å². The van der Waals surface area contributed by atoms with Crippen LogP contribution in [0.2, 0.25) is 0 Å². The highest BCUT2D eigenvalue weighted by Crippen LogP contribution is 2.23. The van der Waals surface area contributed by atoms with Gasteiger partial charge >= 0.3 is 0 Å². The number of halogens is 1. The zero-order valence-corrected chi connectivity index (χ0v) is 14.9. The average Bonchev–Trinajstić information content (AvgIpc) is 2.51. The van der Waals surface area contributed by atoms with E-state index in [0.717, 1.165) is 10.0 Å². The first kappa shape index (κ1) is 17.2. The standard InChI is InChI=1S/C18H19BrN2O2/c1-12-6-4-5-7-15(12)21-17(23)18(2,3)16(22)20-14-10-8-13(19)9-11-14/h4-11H,1-3H3,(H,20,22)(H,21,23). The van der Waals surface area contributed by atoms with Crippen LogP contribution < -0.4 is 10.6 Å². The van der Waals surface area contributed by atoms with Gasteiger partial charge in [-0.05, 0) is 56.7 Å². The second-order valence-corrected chi connectivity index (χ2v) is 6.77. The Morgan fingerprint density at radius 3 is 2.09 bits per heavy atom. The molecule has 0 radical (unpaired) electrons. The van der Waals surface area contributed by atoms with E-state index in [-0.39, 0.29) is 11.8 Å². The number of carbonyl (C=O) groups is 2. The number of anilines is 2. The van der Waals surface area contributed by atoms with Gasteiger partial charge in [0.25, 0.3) is 0 Å². The minimum absolute atomic E-state index is 0.346. The second kappa shape index (κ2) is 6.96. The highest BCUT2D eigenvalue weighted by atomic mass is 79.9. The lowest BCUT2D eigenvalue weighted by molar-refractivity contribution is -0.135. The number of rotatable bonds is 4. The molecular weight excluding hydrogens is 356 g/mol. The van der Waals surface area contributed by atoms with E-state index in [9.17, 15) is 9.59 Å². The van der Waals surface area contributed by atoms with E-state index >= 15 is 0 Å². The van der Waals surface area contributed by atoms with Crippen LogP contribution >= 0.6 is 15.9 Å². The van der Waals surface area contributed by atoms with Crippen LogP contribution in [-0.2, 0) is 9.59 Å². The Balaban J connectivity index is 2.10. The first-order valence-electron chi connectivity index (χ1n) is 7.25. The molecule has 0 spiro atoms. The molecule has 0 bridgehead atoms. The molecule has 0 aliphatic heterocycles. The van der Waals surface area contributed by atoms with Crippen molar-refractivity contribution in [1.29, 1.82) is 0 Å². The molecule has 0 aliphatic carbocycles. The molecule has 0 fully saturated rings. The first-order valence-corrected chi connectivity index (χ1v) is 8.04. The number of hydrogen-bond acceptors (Lipinski definition) is 2. The summed E-state index contributed by atoms with van der Waals surface area (Å²) in [5.41, 5.74) is 1.11. The third kappa shape index (κ3) is 4.20. The molecule has 0 atom stereocenters. The van der Waals surface area contributed by atoms with Gasteiger partial charge in [0.2, 0.25) is 11.8 Å². The van der Waals surface area contributed by atoms with E-state index in [0.29, 0.717) is 11.4 Å². The van der Waals surface area contributed by atoms with Gasteiger partial charge in [0, 0.05) is 15.8 Å². The van der Waals surface area contributed by atoms with Gasteiger partial charge in [0.1, 0.15) is 5.41 Å². The van der Waals surface area contributed by atoms with Crippen LogP contribution in [0.5, 0.6) is 0 Å². The van der Waals surface area contributed by atoms with Crippen LogP contribution in [0.3, 0.4) is 0 Å². The highest BCUT2D eigenvalue weighted by molar-refractivity contribution is 9.10. The summed E-state index contributed by atoms with van der Waals surface area (Å²) >= 11 is 3.34. The largest absolute Gasteiger partial charge is 0.325 e. The summed E-state index contributed by atoms with van der Waals surface area (Å²) in [5.74, 6) is -0.702. The fraction of sp³-hybridized carbons (Fsp3) is 0.222. The molecule has 0 heterocycles. The van der Waals surface area contributed by atoms with Crippen molar-refractivity contribution >= 4 is 39.1 Å². The molecule has 2 rings (SSSR count). The van der Waals surface area contributed by atoms with Gasteiger partial charge in [-0.3, -0.25) is 9.59 Å². The molecule has 5 heteroatoms. The van der Waals surface area contributed by atoms with Crippen molar-refractivity contribution in [2.75, 3.05) is 10.6 Å². The molecule has 0 unspecified atom stereocenters. The number of nitrogens with one attached hydrogen (secondary N) is 2. The molecule has 120 valence electrons. The monoisotopic (exact) mass is 374 g/mol. The number of para-hydroxylation sites is 1. The van der Waals surface area contributed by atoms with E-state index in [1.165, 1.54) is 0 Å². The smallest absolute Gasteiger partial charge is 0.239 e. The van der Waals surface area contributed by atoms with Crippen molar-refractivity contribution in [1.82, 2.24) is 0 Å². The zero-order valence-electron chi connectivity index (χ0n) is 13.3. The lowest BCUT2D eigenvalue weighted by atomic mass is 9.90. The van der Waals surface area contributed by atoms with Crippen LogP contribution in [0.4, 0.5) is 11.4 Å². The Kier molecular flexibility index (Phi) is 5.21. The number of benzene rings is 2. The lowest BCUT2D eigenvalue weighted by Gasteiger charge is -2.23. The summed E-state index contributed by atoms with van der Waals surface area (Å²) < 4.78 is 0.923. The topological polar surface area (TPSA) is 58.2 Å². The molecule has 0 aromatic heterocycles. The Morgan fingerprint density at radius 2 is 1.48 bits per heavy atom. The predicted molar refractivity (Wildman–Crippen MR) is 96.4 cm³/mol. The number of carbonyl (C=O) groups excluding carboxylic acids is 2. The third-order valence-electron chi connectivity index (χ3n) is 3.63. The van der Waals surface area contributed by atoms with Crippen molar-refractivity contribution in [2.45, 2.75) is 20.8 Å². The van der Waals surface area contributed by atoms with E-state index in [1.807, 2.05) is 43.3 Å². The van der Waals surface area contributed by atoms with Gasteiger partial charge in [-0.25, -0.2) is 0 Å². The first-order chi connectivity index (χ1) is 10.8. The fourth-order valence-corrected chi connectivity index (χ4v) is 2.18. The lowest BCUT2D eigenvalue weighted by Crippen LogP contribution is -2.41. The van der Waals surface area contributed by atoms with Crippen LogP contribution in [0.1, 0.15) is 19.4 Å². The maximum absolute atomic E-state index is 12.5. The Labute approximate surface area is 144 Å². The van der Waals surface area contributed by atoms with E-state index in [2.05, 4.69) is 26.6 Å². The Hall–Kier alpha value is -2.14. The van der Waals surface area contributed by atoms with Gasteiger partial charge in [-0.2, -0.15) is 0 Å². The maximum Gasteiger partial charge on any atom is 0.239 e. The molecule has 0 saturated heterocycles. The predicted octanol–water partition coefficient (Wildman–Crippen LogP) is 4.36. The minimum Gasteiger partial charge on any atom is -0.325 e. The van der Waals surface area contributed by atoms with Gasteiger partial charge in [-0.1, -0.05) is 34.1 Å². The van der Waals surface area contributed by atoms with Gasteiger partial charge in [0.15, 0.2) is 0 Å². The minimum atomic E-state index is -1.20. The van der Waals surface area contributed by atoms with Gasteiger partial charge in [-0.15, -0.1) is 0 Å². The molecule has 2 aromatic carbocycles. The molecular formula is C18H19BrN2O2. The average molecular weight is 375 g/mol. The summed E-state index contributed by atoms with van der Waals surface area (Å²) in [6, 6.07) is 14.7. The van der Waals surface area contributed by atoms with Crippen molar-refractivity contribution < 1.29 is 9.59 Å². The fourth-order valence-electron chi connectivity index (χ4n) is 1.92. The number of aryl methyl sites for hydroxylation is 1. The molecule has 4 nitrogen and oxygen atoms in total. The molecule has 0 aliphatic rings. The molecule has 2 amide bonds. The van der Waals surface area contributed by atoms with E-state index in [4.69, 9.17) is 0 Å². The molecule has 0 saturated carbocycles. The Bertz CT molecular complexity index is 724. The molecule has 2 aromatic rings. The van der Waals surface area contributed by atoms with Crippen molar-refractivity contribution in [3.8, 4) is 0 Å². The van der Waals surface area contributed by atoms with Crippen LogP contribution in [0.15, 0.2) is 53.0 Å². The second-order valence-electron chi connectivity index (χ2n) is 5.86. The van der Waals surface area contributed by atoms with Crippen molar-refractivity contribution in [3.05, 3.63) is 58.6 Å². The van der Waals surface area contributed by atoms with Crippen LogP contribution in [0.25, 0.3) is 0 Å². The van der Waals surface area contributed by atoms with Crippen molar-refractivity contribution in [3.63, 3.8) is 0 Å². The Morgan fingerprint density at radius 1 is 0.913 bits per heavy atom. The number of amides is 2. The summed E-state index contributed by atoms with van der Waals surface area (Å²) in [7, 11) is 0. The summed E-state index contributed by atoms with van der Waals surface area (Å²) in [4.78, 5) is 24.9. The highest BCUT2D eigenvalue weighted by Gasteiger charge is 2.36. The van der Waals surface area contributed by atoms with Gasteiger partial charge in [0.05, 0.1) is 0 Å². The van der Waals surface area contributed by atoms with E-state index < -0.39 is 5.41 Å². The number of hydrogen-bond donors (Lipinski definition) is 2. The van der Waals surface area contributed by atoms with Gasteiger partial charge < -0.3 is 10.6 Å². The summed E-state index contributed by atoms with van der Waals surface area (Å²) in [5, 5.41) is 5.59. The zero-order chi connectivity index (χ0) is 17.0. The molecule has 2 N–H and O–H groups in total. The SMILES string of the molecule is Cc1ccccc1NC(=O)C(C)(C)C(=O)Nc1ccc(Br)cc1. The quantitative estimate of drug-likeness (QED) is 0.780. The molecule has 23 heavy (non-hydrogen) atoms. The maximum atomic E-state index is 12.5. The summed E-state index contributed by atoms with van der Waals surface area (Å²) in [6.07, 6.45) is 0. The third-order valence-corrected chi connectivity index (χ3v) is 4.16. The van der Waals surface area contributed by atoms with E-state index in [1.54, 1.807) is 26.0 Å². The summed E-state index contributed by atoms with van der Waals surface area (Å²) in [6.45, 7) is 5.12. The normalized spacial score (nSPS) is 11.0.